The average Bonchev–Trinajstić information content (AvgIpc) is 0.947. The van der Waals surface area contributed by atoms with Crippen LogP contribution in [-0.4, -0.2) is 209 Å². The summed E-state index contributed by atoms with van der Waals surface area (Å²) in [5.74, 6) is 0.967. The number of alkyl halides is 3. The number of amides is 4. The molecule has 0 aliphatic carbocycles. The monoisotopic (exact) mass is 1780 g/mol. The molecule has 1 aromatic heterocycles. The summed E-state index contributed by atoms with van der Waals surface area (Å²) in [6.45, 7) is 9.61. The number of carbonyl (C=O) groups excluding carboxylic acids is 4. The number of aryl methyl sites for hydroxylation is 1. The topological polar surface area (TPSA) is 240 Å². The summed E-state index contributed by atoms with van der Waals surface area (Å²) in [5, 5.41) is 3.45. The van der Waals surface area contributed by atoms with Crippen molar-refractivity contribution in [3.05, 3.63) is 242 Å². The fourth-order valence-electron chi connectivity index (χ4n) is 17.4. The maximum absolute atomic E-state index is 13.4. The molecule has 8 aliphatic heterocycles. The SMILES string of the molecule is COc1ccc(N2CCN(C(=O)C3CCS(=O)(=O)CC3)C(c3ccccc3)C2)cc1C.O=C(C1CCS(=O)(=O)CC1)N1CCN(c2ccc(C(F)(F)F)cc2)CC1c1ccccc1.O=C(C1CCS(=O)(=O)CC1)N1CCN(c2ccc(Cl)cc2)CC1c1ccccc1.O=C(C1CCS(=O)(=O)CC1)N1CCN(c2ccc(Cl)cc2)CC1c1cccs1. The van der Waals surface area contributed by atoms with Gasteiger partial charge in [0.05, 0.1) is 82.9 Å². The van der Waals surface area contributed by atoms with Crippen molar-refractivity contribution in [1.29, 1.82) is 0 Å². The van der Waals surface area contributed by atoms with Gasteiger partial charge in [-0.15, -0.1) is 11.3 Å². The van der Waals surface area contributed by atoms with Crippen LogP contribution in [0.2, 0.25) is 10.0 Å². The molecule has 120 heavy (non-hydrogen) atoms. The minimum absolute atomic E-state index is 0.0181. The van der Waals surface area contributed by atoms with E-state index in [1.165, 1.54) is 12.1 Å². The van der Waals surface area contributed by atoms with Gasteiger partial charge in [-0.1, -0.05) is 120 Å². The van der Waals surface area contributed by atoms with E-state index in [1.807, 2.05) is 164 Å². The Morgan fingerprint density at radius 3 is 0.933 bits per heavy atom. The van der Waals surface area contributed by atoms with Crippen molar-refractivity contribution in [1.82, 2.24) is 19.6 Å². The summed E-state index contributed by atoms with van der Waals surface area (Å²) >= 11 is 13.7. The van der Waals surface area contributed by atoms with Gasteiger partial charge in [0.2, 0.25) is 23.6 Å². The van der Waals surface area contributed by atoms with Crippen LogP contribution < -0.4 is 24.3 Å². The second kappa shape index (κ2) is 39.2. The van der Waals surface area contributed by atoms with Gasteiger partial charge in [0, 0.05) is 140 Å². The Hall–Kier alpha value is -8.71. The lowest BCUT2D eigenvalue weighted by Crippen LogP contribution is -2.53. The molecule has 0 saturated carbocycles. The molecule has 21 nitrogen and oxygen atoms in total. The minimum atomic E-state index is -4.39. The van der Waals surface area contributed by atoms with Crippen LogP contribution in [0.3, 0.4) is 0 Å². The van der Waals surface area contributed by atoms with Gasteiger partial charge >= 0.3 is 6.18 Å². The zero-order valence-corrected chi connectivity index (χ0v) is 72.9. The average molecular weight is 1780 g/mol. The van der Waals surface area contributed by atoms with Crippen molar-refractivity contribution < 1.29 is 70.8 Å². The van der Waals surface area contributed by atoms with Crippen LogP contribution in [0.25, 0.3) is 0 Å². The Morgan fingerprint density at radius 1 is 0.367 bits per heavy atom. The summed E-state index contributed by atoms with van der Waals surface area (Å²) in [6, 6.07) is 60.3. The number of anilines is 4. The number of hydrogen-bond acceptors (Lipinski definition) is 18. The summed E-state index contributed by atoms with van der Waals surface area (Å²) in [4.78, 5) is 71.1. The summed E-state index contributed by atoms with van der Waals surface area (Å²) in [6.07, 6.45) is -1.11. The Kier molecular flexibility index (Phi) is 29.1. The molecule has 8 aliphatic rings. The number of nitrogens with zero attached hydrogens (tertiary/aromatic N) is 8. The molecule has 0 spiro atoms. The molecule has 4 atom stereocenters. The smallest absolute Gasteiger partial charge is 0.416 e. The van der Waals surface area contributed by atoms with Gasteiger partial charge in [-0.2, -0.15) is 13.2 Å². The first-order valence-electron chi connectivity index (χ1n) is 40.9. The minimum Gasteiger partial charge on any atom is -0.496 e. The molecule has 4 unspecified atom stereocenters. The number of hydrogen-bond donors (Lipinski definition) is 0. The predicted octanol–water partition coefficient (Wildman–Crippen LogP) is 14.3. The van der Waals surface area contributed by atoms with E-state index in [9.17, 15) is 66.0 Å². The van der Waals surface area contributed by atoms with Crippen molar-refractivity contribution in [2.45, 2.75) is 88.6 Å². The highest BCUT2D eigenvalue weighted by atomic mass is 35.5. The van der Waals surface area contributed by atoms with Gasteiger partial charge in [-0.3, -0.25) is 19.2 Å². The highest BCUT2D eigenvalue weighted by Gasteiger charge is 2.43. The second-order valence-electron chi connectivity index (χ2n) is 32.1. The maximum atomic E-state index is 13.4. The standard InChI is InChI=1S/C24H30N2O4S.C23H25F3N2O3S.C22H25ClN2O3S.C20H23ClN2O3S2/c1-18-16-21(8-9-23(18)30-2)25-12-13-26(22(17-25)19-6-4-3-5-7-19)24(27)20-10-14-31(28,29)15-11-20;24-23(25,26)19-6-8-20(9-7-19)27-12-13-28(21(16-27)17-4-2-1-3-5-17)22(29)18-10-14-32(30,31)15-11-18;23-19-6-8-20(9-7-19)24-12-13-25(21(16-24)17-4-2-1-3-5-17)22(26)18-10-14-29(27,28)15-11-18;21-16-3-5-17(6-4-16)22-9-10-23(18(14-22)19-2-1-11-27-19)20(24)15-7-12-28(25,26)13-8-15/h3-9,16,20,22H,10-15,17H2,1-2H3;1-9,18,21H,10-16H2;1-9,18,21H,10-16H2;1-6,11,15,18H,7-10,12-14H2. The molecule has 16 rings (SSSR count). The van der Waals surface area contributed by atoms with E-state index in [-0.39, 0.29) is 117 Å². The predicted molar refractivity (Wildman–Crippen MR) is 468 cm³/mol. The normalized spacial score (nSPS) is 22.3. The quantitative estimate of drug-likeness (QED) is 0.104. The molecule has 9 heterocycles. The molecule has 0 N–H and O–H groups in total. The van der Waals surface area contributed by atoms with E-state index < -0.39 is 51.1 Å². The fraction of sp³-hybridized carbons (Fsp3) is 0.438. The lowest BCUT2D eigenvalue weighted by Gasteiger charge is -2.44. The van der Waals surface area contributed by atoms with Gasteiger partial charge in [0.1, 0.15) is 45.1 Å². The largest absolute Gasteiger partial charge is 0.496 e. The first-order valence-corrected chi connectivity index (χ1v) is 49.8. The van der Waals surface area contributed by atoms with Gasteiger partial charge in [-0.05, 0) is 183 Å². The van der Waals surface area contributed by atoms with E-state index in [0.29, 0.717) is 119 Å². The molecule has 0 radical (unpaired) electrons. The van der Waals surface area contributed by atoms with Crippen molar-refractivity contribution in [2.24, 2.45) is 23.7 Å². The van der Waals surface area contributed by atoms with Gasteiger partial charge in [-0.25, -0.2) is 33.7 Å². The van der Waals surface area contributed by atoms with Crippen LogP contribution in [0.15, 0.2) is 200 Å². The van der Waals surface area contributed by atoms with Crippen molar-refractivity contribution >= 4 is 120 Å². The first-order chi connectivity index (χ1) is 57.4. The zero-order chi connectivity index (χ0) is 85.1. The van der Waals surface area contributed by atoms with Crippen molar-refractivity contribution in [3.8, 4) is 5.75 Å². The number of sulfone groups is 4. The zero-order valence-electron chi connectivity index (χ0n) is 67.3. The summed E-state index contributed by atoms with van der Waals surface area (Å²) < 4.78 is 138. The second-order valence-corrected chi connectivity index (χ2v) is 43.1. The van der Waals surface area contributed by atoms with Crippen LogP contribution in [-0.2, 0) is 64.7 Å². The van der Waals surface area contributed by atoms with Crippen LogP contribution in [0.4, 0.5) is 35.9 Å². The number of rotatable bonds is 13. The molecule has 4 amide bonds. The Bertz CT molecular complexity index is 5260. The third-order valence-corrected chi connectivity index (χ3v) is 32.7. The third kappa shape index (κ3) is 22.8. The van der Waals surface area contributed by atoms with Crippen LogP contribution in [0.5, 0.6) is 5.75 Å². The number of piperazine rings is 4. The van der Waals surface area contributed by atoms with Crippen molar-refractivity contribution in [3.63, 3.8) is 0 Å². The maximum Gasteiger partial charge on any atom is 0.416 e. The number of ether oxygens (including phenoxy) is 1. The number of thiophene rings is 1. The molecular formula is C89H103Cl2F3N8O13S5. The Balaban J connectivity index is 0.000000138. The van der Waals surface area contributed by atoms with Gasteiger partial charge < -0.3 is 43.9 Å². The third-order valence-electron chi connectivity index (χ3n) is 24.4. The Morgan fingerprint density at radius 2 is 0.650 bits per heavy atom. The molecular weight excluding hydrogens is 1680 g/mol. The van der Waals surface area contributed by atoms with Gasteiger partial charge in [0.15, 0.2) is 0 Å². The molecule has 8 aromatic rings. The van der Waals surface area contributed by atoms with Crippen LogP contribution >= 0.6 is 34.5 Å². The first kappa shape index (κ1) is 89.1. The lowest BCUT2D eigenvalue weighted by molar-refractivity contribution is -0.139. The van der Waals surface area contributed by atoms with E-state index in [4.69, 9.17) is 27.9 Å². The van der Waals surface area contributed by atoms with Crippen LogP contribution in [0, 0.1) is 30.6 Å². The Labute approximate surface area is 717 Å². The molecule has 8 fully saturated rings. The summed E-state index contributed by atoms with van der Waals surface area (Å²) in [5.41, 5.74) is 7.52. The van der Waals surface area contributed by atoms with E-state index in [1.54, 1.807) is 18.4 Å². The molecule has 0 bridgehead atoms. The number of carbonyl (C=O) groups is 4. The molecule has 31 heteroatoms. The van der Waals surface area contributed by atoms with Gasteiger partial charge in [0.25, 0.3) is 0 Å². The number of benzene rings is 7. The lowest BCUT2D eigenvalue weighted by atomic mass is 9.96. The van der Waals surface area contributed by atoms with E-state index in [0.717, 1.165) is 88.3 Å². The van der Waals surface area contributed by atoms with Crippen LogP contribution in [0.1, 0.15) is 108 Å². The van der Waals surface area contributed by atoms with E-state index >= 15 is 0 Å². The molecule has 642 valence electrons. The fourth-order valence-corrected chi connectivity index (χ4v) is 24.5. The highest BCUT2D eigenvalue weighted by Crippen LogP contribution is 2.40. The number of methoxy groups -OCH3 is 1. The summed E-state index contributed by atoms with van der Waals surface area (Å²) in [7, 11) is -10.3. The van der Waals surface area contributed by atoms with E-state index in [2.05, 4.69) is 57.2 Å². The molecule has 7 aromatic carbocycles. The number of halogens is 5. The molecule has 8 saturated heterocycles. The highest BCUT2D eigenvalue weighted by molar-refractivity contribution is 7.92. The van der Waals surface area contributed by atoms with Crippen molar-refractivity contribution in [2.75, 3.05) is 151 Å².